The average Bonchev–Trinajstić information content (AvgIpc) is 2.79. The first-order valence-corrected chi connectivity index (χ1v) is 12.1. The zero-order valence-electron chi connectivity index (χ0n) is 17.4. The molecule has 9 heteroatoms. The second kappa shape index (κ2) is 10.8. The third kappa shape index (κ3) is 6.35. The summed E-state index contributed by atoms with van der Waals surface area (Å²) in [5.74, 6) is 0.696. The van der Waals surface area contributed by atoms with Gasteiger partial charge in [0, 0.05) is 13.1 Å². The number of halogens is 1. The Morgan fingerprint density at radius 2 is 1.77 bits per heavy atom. The van der Waals surface area contributed by atoms with E-state index >= 15 is 0 Å². The number of benzene rings is 2. The molecule has 0 radical (unpaired) electrons. The highest BCUT2D eigenvalue weighted by molar-refractivity contribution is 7.89. The summed E-state index contributed by atoms with van der Waals surface area (Å²) in [6, 6.07) is 13.3. The van der Waals surface area contributed by atoms with E-state index in [2.05, 4.69) is 5.32 Å². The third-order valence-corrected chi connectivity index (χ3v) is 7.18. The van der Waals surface area contributed by atoms with Gasteiger partial charge in [-0.05, 0) is 56.2 Å². The van der Waals surface area contributed by atoms with Crippen molar-refractivity contribution >= 4 is 27.5 Å². The van der Waals surface area contributed by atoms with Crippen LogP contribution >= 0.6 is 11.6 Å². The van der Waals surface area contributed by atoms with E-state index in [1.807, 2.05) is 0 Å². The van der Waals surface area contributed by atoms with E-state index in [4.69, 9.17) is 21.1 Å². The van der Waals surface area contributed by atoms with Crippen LogP contribution in [0.5, 0.6) is 11.5 Å². The van der Waals surface area contributed by atoms with E-state index < -0.39 is 16.1 Å². The molecule has 0 unspecified atom stereocenters. The minimum atomic E-state index is -3.46. The fraction of sp³-hybridized carbons (Fsp3) is 0.409. The van der Waals surface area contributed by atoms with Crippen molar-refractivity contribution in [2.45, 2.75) is 37.2 Å². The standard InChI is InChI=1S/C22H27ClN2O5S/c1-17(30-21-8-4-3-7-20(21)23)22(26)24-13-16-29-18-9-11-19(12-10-18)31(27,28)25-14-5-2-6-15-25/h3-4,7-12,17H,2,5-6,13-16H2,1H3,(H,24,26)/t17-/m1/s1. The lowest BCUT2D eigenvalue weighted by molar-refractivity contribution is -0.127. The molecule has 31 heavy (non-hydrogen) atoms. The molecule has 1 amide bonds. The maximum Gasteiger partial charge on any atom is 0.260 e. The zero-order chi connectivity index (χ0) is 22.3. The van der Waals surface area contributed by atoms with Crippen LogP contribution in [0.2, 0.25) is 5.02 Å². The molecule has 2 aromatic rings. The maximum absolute atomic E-state index is 12.7. The monoisotopic (exact) mass is 466 g/mol. The first-order chi connectivity index (χ1) is 14.9. The average molecular weight is 467 g/mol. The number of hydrogen-bond acceptors (Lipinski definition) is 5. The Bertz CT molecular complexity index is 976. The normalized spacial score (nSPS) is 15.8. The molecule has 0 bridgehead atoms. The molecule has 1 N–H and O–H groups in total. The van der Waals surface area contributed by atoms with Gasteiger partial charge in [-0.25, -0.2) is 8.42 Å². The van der Waals surface area contributed by atoms with Crippen molar-refractivity contribution in [2.24, 2.45) is 0 Å². The van der Waals surface area contributed by atoms with Crippen LogP contribution in [0.25, 0.3) is 0 Å². The van der Waals surface area contributed by atoms with E-state index in [9.17, 15) is 13.2 Å². The van der Waals surface area contributed by atoms with E-state index in [-0.39, 0.29) is 24.0 Å². The number of ether oxygens (including phenoxy) is 2. The highest BCUT2D eigenvalue weighted by atomic mass is 35.5. The Balaban J connectivity index is 1.43. The number of hydrogen-bond donors (Lipinski definition) is 1. The summed E-state index contributed by atoms with van der Waals surface area (Å²) in [5.41, 5.74) is 0. The summed E-state index contributed by atoms with van der Waals surface area (Å²) < 4.78 is 38.0. The second-order valence-corrected chi connectivity index (χ2v) is 9.61. The summed E-state index contributed by atoms with van der Waals surface area (Å²) in [6.45, 7) is 3.30. The lowest BCUT2D eigenvalue weighted by atomic mass is 10.2. The maximum atomic E-state index is 12.7. The molecule has 1 saturated heterocycles. The SMILES string of the molecule is C[C@@H](Oc1ccccc1Cl)C(=O)NCCOc1ccc(S(=O)(=O)N2CCCCC2)cc1. The molecular weight excluding hydrogens is 440 g/mol. The quantitative estimate of drug-likeness (QED) is 0.572. The largest absolute Gasteiger partial charge is 0.492 e. The minimum Gasteiger partial charge on any atom is -0.492 e. The predicted molar refractivity (Wildman–Crippen MR) is 119 cm³/mol. The van der Waals surface area contributed by atoms with Gasteiger partial charge in [-0.1, -0.05) is 30.2 Å². The number of nitrogens with one attached hydrogen (secondary N) is 1. The van der Waals surface area contributed by atoms with Gasteiger partial charge in [0.15, 0.2) is 6.10 Å². The van der Waals surface area contributed by atoms with E-state index in [0.29, 0.717) is 29.6 Å². The van der Waals surface area contributed by atoms with Crippen LogP contribution < -0.4 is 14.8 Å². The van der Waals surface area contributed by atoms with Crippen LogP contribution in [-0.4, -0.2) is 51.0 Å². The number of carbonyl (C=O) groups is 1. The molecule has 1 atom stereocenters. The molecule has 0 aromatic heterocycles. The summed E-state index contributed by atoms with van der Waals surface area (Å²) in [6.07, 6.45) is 2.15. The topological polar surface area (TPSA) is 84.9 Å². The Morgan fingerprint density at radius 3 is 2.45 bits per heavy atom. The molecule has 1 heterocycles. The first kappa shape index (κ1) is 23.4. The van der Waals surface area contributed by atoms with Gasteiger partial charge in [0.2, 0.25) is 10.0 Å². The van der Waals surface area contributed by atoms with Gasteiger partial charge in [-0.2, -0.15) is 4.31 Å². The highest BCUT2D eigenvalue weighted by Gasteiger charge is 2.25. The number of rotatable bonds is 9. The lowest BCUT2D eigenvalue weighted by Gasteiger charge is -2.25. The molecule has 1 aliphatic heterocycles. The molecule has 1 fully saturated rings. The van der Waals surface area contributed by atoms with Crippen molar-refractivity contribution in [2.75, 3.05) is 26.2 Å². The summed E-state index contributed by atoms with van der Waals surface area (Å²) >= 11 is 6.03. The molecule has 0 aliphatic carbocycles. The van der Waals surface area contributed by atoms with Crippen molar-refractivity contribution in [1.82, 2.24) is 9.62 Å². The van der Waals surface area contributed by atoms with Gasteiger partial charge in [-0.3, -0.25) is 4.79 Å². The van der Waals surface area contributed by atoms with Gasteiger partial charge in [0.25, 0.3) is 5.91 Å². The molecular formula is C22H27ClN2O5S. The number of sulfonamides is 1. The third-order valence-electron chi connectivity index (χ3n) is 4.96. The number of nitrogens with zero attached hydrogens (tertiary/aromatic N) is 1. The molecule has 7 nitrogen and oxygen atoms in total. The fourth-order valence-corrected chi connectivity index (χ4v) is 4.93. The Morgan fingerprint density at radius 1 is 1.10 bits per heavy atom. The smallest absolute Gasteiger partial charge is 0.260 e. The molecule has 0 spiro atoms. The van der Waals surface area contributed by atoms with E-state index in [1.165, 1.54) is 4.31 Å². The molecule has 168 valence electrons. The van der Waals surface area contributed by atoms with Gasteiger partial charge in [-0.15, -0.1) is 0 Å². The van der Waals surface area contributed by atoms with Gasteiger partial charge in [0.1, 0.15) is 18.1 Å². The summed E-state index contributed by atoms with van der Waals surface area (Å²) in [7, 11) is -3.46. The van der Waals surface area contributed by atoms with Crippen molar-refractivity contribution in [3.05, 3.63) is 53.6 Å². The zero-order valence-corrected chi connectivity index (χ0v) is 19.0. The molecule has 1 aliphatic rings. The second-order valence-electron chi connectivity index (χ2n) is 7.27. The Kier molecular flexibility index (Phi) is 8.17. The summed E-state index contributed by atoms with van der Waals surface area (Å²) in [4.78, 5) is 12.4. The van der Waals surface area contributed by atoms with E-state index in [0.717, 1.165) is 19.3 Å². The van der Waals surface area contributed by atoms with E-state index in [1.54, 1.807) is 55.5 Å². The predicted octanol–water partition coefficient (Wildman–Crippen LogP) is 3.48. The van der Waals surface area contributed by atoms with Crippen LogP contribution in [-0.2, 0) is 14.8 Å². The van der Waals surface area contributed by atoms with Gasteiger partial charge >= 0.3 is 0 Å². The van der Waals surface area contributed by atoms with Crippen LogP contribution in [0.15, 0.2) is 53.4 Å². The Hall–Kier alpha value is -2.29. The number of para-hydroxylation sites is 1. The van der Waals surface area contributed by atoms with Gasteiger partial charge < -0.3 is 14.8 Å². The van der Waals surface area contributed by atoms with Crippen LogP contribution in [0, 0.1) is 0 Å². The number of amides is 1. The highest BCUT2D eigenvalue weighted by Crippen LogP contribution is 2.24. The van der Waals surface area contributed by atoms with Crippen LogP contribution in [0.4, 0.5) is 0 Å². The number of piperidine rings is 1. The first-order valence-electron chi connectivity index (χ1n) is 10.3. The van der Waals surface area contributed by atoms with Crippen molar-refractivity contribution in [3.8, 4) is 11.5 Å². The van der Waals surface area contributed by atoms with Crippen LogP contribution in [0.3, 0.4) is 0 Å². The summed E-state index contributed by atoms with van der Waals surface area (Å²) in [5, 5.41) is 3.18. The molecule has 0 saturated carbocycles. The van der Waals surface area contributed by atoms with Crippen molar-refractivity contribution in [3.63, 3.8) is 0 Å². The lowest BCUT2D eigenvalue weighted by Crippen LogP contribution is -2.38. The minimum absolute atomic E-state index is 0.239. The number of carbonyl (C=O) groups excluding carboxylic acids is 1. The van der Waals surface area contributed by atoms with Crippen molar-refractivity contribution < 1.29 is 22.7 Å². The fourth-order valence-electron chi connectivity index (χ4n) is 3.23. The van der Waals surface area contributed by atoms with Gasteiger partial charge in [0.05, 0.1) is 16.5 Å². The van der Waals surface area contributed by atoms with Crippen molar-refractivity contribution in [1.29, 1.82) is 0 Å². The molecule has 3 rings (SSSR count). The Labute approximate surface area is 188 Å². The van der Waals surface area contributed by atoms with Crippen LogP contribution in [0.1, 0.15) is 26.2 Å². The molecule has 2 aromatic carbocycles.